The number of nitrogens with one attached hydrogen (secondary N) is 1. The normalized spacial score (nSPS) is 12.0. The molecule has 1 atom stereocenters. The minimum absolute atomic E-state index is 0.0867. The largest absolute Gasteiger partial charge is 0.345 e. The summed E-state index contributed by atoms with van der Waals surface area (Å²) in [5.41, 5.74) is 0.682. The van der Waals surface area contributed by atoms with Crippen LogP contribution in [-0.2, 0) is 0 Å². The number of carbonyl (C=O) groups excluding carboxylic acids is 1. The van der Waals surface area contributed by atoms with Gasteiger partial charge in [0.15, 0.2) is 0 Å². The van der Waals surface area contributed by atoms with Gasteiger partial charge in [0.1, 0.15) is 5.82 Å². The van der Waals surface area contributed by atoms with Crippen molar-refractivity contribution >= 4 is 29.1 Å². The van der Waals surface area contributed by atoms with Crippen LogP contribution in [0.1, 0.15) is 28.9 Å². The molecule has 2 aromatic carbocycles. The second-order valence-electron chi connectivity index (χ2n) is 4.34. The van der Waals surface area contributed by atoms with Crippen LogP contribution in [0.2, 0.25) is 10.0 Å². The van der Waals surface area contributed by atoms with Crippen LogP contribution in [0.15, 0.2) is 42.5 Å². The van der Waals surface area contributed by atoms with Gasteiger partial charge in [-0.25, -0.2) is 4.39 Å². The number of amides is 1. The molecule has 1 unspecified atom stereocenters. The number of carbonyl (C=O) groups is 1. The molecular formula is C15H12Cl2FNO. The molecule has 20 heavy (non-hydrogen) atoms. The molecule has 0 heterocycles. The molecule has 0 spiro atoms. The Balaban J connectivity index is 2.20. The molecule has 0 radical (unpaired) electrons. The van der Waals surface area contributed by atoms with E-state index < -0.39 is 11.7 Å². The minimum atomic E-state index is -0.613. The van der Waals surface area contributed by atoms with Crippen LogP contribution in [0.25, 0.3) is 0 Å². The molecule has 0 aliphatic carbocycles. The standard InChI is InChI=1S/C15H12Cl2FNO/c1-9(11-4-2-3-5-13(11)17)19-15(20)12-8-10(16)6-7-14(12)18/h2-9H,1H3,(H,19,20). The molecular weight excluding hydrogens is 300 g/mol. The summed E-state index contributed by atoms with van der Waals surface area (Å²) in [5.74, 6) is -1.14. The molecule has 1 amide bonds. The van der Waals surface area contributed by atoms with Gasteiger partial charge in [0, 0.05) is 10.0 Å². The van der Waals surface area contributed by atoms with Crippen molar-refractivity contribution in [2.75, 3.05) is 0 Å². The molecule has 0 saturated carbocycles. The van der Waals surface area contributed by atoms with Crippen molar-refractivity contribution in [2.24, 2.45) is 0 Å². The smallest absolute Gasteiger partial charge is 0.254 e. The Morgan fingerprint density at radius 1 is 1.20 bits per heavy atom. The van der Waals surface area contributed by atoms with Crippen molar-refractivity contribution in [3.8, 4) is 0 Å². The fraction of sp³-hybridized carbons (Fsp3) is 0.133. The van der Waals surface area contributed by atoms with Crippen molar-refractivity contribution in [3.63, 3.8) is 0 Å². The lowest BCUT2D eigenvalue weighted by atomic mass is 10.1. The molecule has 0 aromatic heterocycles. The van der Waals surface area contributed by atoms with Crippen LogP contribution in [0.5, 0.6) is 0 Å². The lowest BCUT2D eigenvalue weighted by Gasteiger charge is -2.16. The molecule has 0 aliphatic rings. The number of hydrogen-bond donors (Lipinski definition) is 1. The Morgan fingerprint density at radius 2 is 1.90 bits per heavy atom. The Kier molecular flexibility index (Phi) is 4.63. The van der Waals surface area contributed by atoms with Gasteiger partial charge in [-0.2, -0.15) is 0 Å². The van der Waals surface area contributed by atoms with Crippen LogP contribution >= 0.6 is 23.2 Å². The fourth-order valence-electron chi connectivity index (χ4n) is 1.85. The van der Waals surface area contributed by atoms with Crippen molar-refractivity contribution in [3.05, 3.63) is 69.5 Å². The summed E-state index contributed by atoms with van der Waals surface area (Å²) in [6, 6.07) is 10.7. The van der Waals surface area contributed by atoms with Crippen LogP contribution in [0.4, 0.5) is 4.39 Å². The van der Waals surface area contributed by atoms with E-state index in [0.29, 0.717) is 10.0 Å². The lowest BCUT2D eigenvalue weighted by Crippen LogP contribution is -2.27. The predicted octanol–water partition coefficient (Wildman–Crippen LogP) is 4.62. The van der Waals surface area contributed by atoms with Gasteiger partial charge in [-0.1, -0.05) is 41.4 Å². The van der Waals surface area contributed by atoms with E-state index in [9.17, 15) is 9.18 Å². The summed E-state index contributed by atoms with van der Waals surface area (Å²) >= 11 is 11.8. The van der Waals surface area contributed by atoms with Gasteiger partial charge in [-0.15, -0.1) is 0 Å². The van der Waals surface area contributed by atoms with E-state index in [4.69, 9.17) is 23.2 Å². The second-order valence-corrected chi connectivity index (χ2v) is 5.18. The van der Waals surface area contributed by atoms with Crippen LogP contribution in [0, 0.1) is 5.82 Å². The van der Waals surface area contributed by atoms with Gasteiger partial charge in [0.05, 0.1) is 11.6 Å². The van der Waals surface area contributed by atoms with Crippen molar-refractivity contribution in [1.29, 1.82) is 0 Å². The van der Waals surface area contributed by atoms with Crippen molar-refractivity contribution in [2.45, 2.75) is 13.0 Å². The number of hydrogen-bond acceptors (Lipinski definition) is 1. The lowest BCUT2D eigenvalue weighted by molar-refractivity contribution is 0.0936. The highest BCUT2D eigenvalue weighted by molar-refractivity contribution is 6.31. The minimum Gasteiger partial charge on any atom is -0.345 e. The summed E-state index contributed by atoms with van der Waals surface area (Å²) in [4.78, 5) is 12.1. The zero-order chi connectivity index (χ0) is 14.7. The second kappa shape index (κ2) is 6.25. The third-order valence-electron chi connectivity index (χ3n) is 2.89. The van der Waals surface area contributed by atoms with Crippen LogP contribution < -0.4 is 5.32 Å². The third-order valence-corrected chi connectivity index (χ3v) is 3.47. The molecule has 2 aromatic rings. The Hall–Kier alpha value is -1.58. The Labute approximate surface area is 126 Å². The summed E-state index contributed by atoms with van der Waals surface area (Å²) in [6.45, 7) is 1.78. The maximum absolute atomic E-state index is 13.6. The van der Waals surface area contributed by atoms with Gasteiger partial charge in [-0.05, 0) is 36.8 Å². The average Bonchev–Trinajstić information content (AvgIpc) is 2.41. The molecule has 2 rings (SSSR count). The van der Waals surface area contributed by atoms with Crippen LogP contribution in [0.3, 0.4) is 0 Å². The maximum Gasteiger partial charge on any atom is 0.254 e. The Bertz CT molecular complexity index is 646. The first kappa shape index (κ1) is 14.8. The zero-order valence-electron chi connectivity index (χ0n) is 10.7. The highest BCUT2D eigenvalue weighted by Gasteiger charge is 2.16. The summed E-state index contributed by atoms with van der Waals surface area (Å²) in [5, 5.41) is 3.55. The van der Waals surface area contributed by atoms with E-state index >= 15 is 0 Å². The van der Waals surface area contributed by atoms with Gasteiger partial charge in [0.25, 0.3) is 5.91 Å². The zero-order valence-corrected chi connectivity index (χ0v) is 12.2. The molecule has 5 heteroatoms. The van der Waals surface area contributed by atoms with Crippen molar-refractivity contribution in [1.82, 2.24) is 5.32 Å². The SMILES string of the molecule is CC(NC(=O)c1cc(Cl)ccc1F)c1ccccc1Cl. The van der Waals surface area contributed by atoms with Crippen LogP contribution in [-0.4, -0.2) is 5.91 Å². The van der Waals surface area contributed by atoms with E-state index in [1.807, 2.05) is 12.1 Å². The monoisotopic (exact) mass is 311 g/mol. The molecule has 0 aliphatic heterocycles. The first-order valence-corrected chi connectivity index (χ1v) is 6.75. The van der Waals surface area contributed by atoms with Gasteiger partial charge < -0.3 is 5.32 Å². The molecule has 0 saturated heterocycles. The maximum atomic E-state index is 13.6. The average molecular weight is 312 g/mol. The third kappa shape index (κ3) is 3.30. The quantitative estimate of drug-likeness (QED) is 0.880. The van der Waals surface area contributed by atoms with E-state index in [1.54, 1.807) is 19.1 Å². The van der Waals surface area contributed by atoms with Gasteiger partial charge >= 0.3 is 0 Å². The Morgan fingerprint density at radius 3 is 2.60 bits per heavy atom. The molecule has 0 bridgehead atoms. The van der Waals surface area contributed by atoms with E-state index in [1.165, 1.54) is 12.1 Å². The molecule has 1 N–H and O–H groups in total. The number of rotatable bonds is 3. The predicted molar refractivity (Wildman–Crippen MR) is 78.7 cm³/mol. The number of benzene rings is 2. The van der Waals surface area contributed by atoms with E-state index in [2.05, 4.69) is 5.32 Å². The molecule has 0 fully saturated rings. The summed E-state index contributed by atoms with van der Waals surface area (Å²) in [7, 11) is 0. The van der Waals surface area contributed by atoms with Gasteiger partial charge in [-0.3, -0.25) is 4.79 Å². The fourth-order valence-corrected chi connectivity index (χ4v) is 2.32. The van der Waals surface area contributed by atoms with E-state index in [0.717, 1.165) is 11.6 Å². The molecule has 2 nitrogen and oxygen atoms in total. The first-order valence-electron chi connectivity index (χ1n) is 5.99. The highest BCUT2D eigenvalue weighted by Crippen LogP contribution is 2.23. The number of halogens is 3. The first-order chi connectivity index (χ1) is 9.49. The summed E-state index contributed by atoms with van der Waals surface area (Å²) < 4.78 is 13.6. The van der Waals surface area contributed by atoms with Crippen molar-refractivity contribution < 1.29 is 9.18 Å². The van der Waals surface area contributed by atoms with Gasteiger partial charge in [0.2, 0.25) is 0 Å². The highest BCUT2D eigenvalue weighted by atomic mass is 35.5. The van der Waals surface area contributed by atoms with E-state index in [-0.39, 0.29) is 11.6 Å². The summed E-state index contributed by atoms with van der Waals surface area (Å²) in [6.07, 6.45) is 0. The molecule has 104 valence electrons. The topological polar surface area (TPSA) is 29.1 Å².